The summed E-state index contributed by atoms with van der Waals surface area (Å²) in [5, 5.41) is 0. The first-order valence-electron chi connectivity index (χ1n) is 6.00. The summed E-state index contributed by atoms with van der Waals surface area (Å²) in [5.41, 5.74) is 11.7. The van der Waals surface area contributed by atoms with E-state index in [1.54, 1.807) is 12.1 Å². The third kappa shape index (κ3) is 2.79. The Morgan fingerprint density at radius 2 is 1.95 bits per heavy atom. The van der Waals surface area contributed by atoms with Gasteiger partial charge in [-0.1, -0.05) is 30.3 Å². The highest BCUT2D eigenvalue weighted by atomic mass is 16.5. The van der Waals surface area contributed by atoms with Gasteiger partial charge in [-0.25, -0.2) is 4.79 Å². The number of carbonyl (C=O) groups excluding carboxylic acids is 1. The smallest absolute Gasteiger partial charge is 0.422 e. The lowest BCUT2D eigenvalue weighted by molar-refractivity contribution is -0.137. The number of nitrogens with zero attached hydrogens (tertiary/aromatic N) is 3. The fourth-order valence-electron chi connectivity index (χ4n) is 1.88. The number of pyridine rings is 1. The van der Waals surface area contributed by atoms with Gasteiger partial charge in [0.1, 0.15) is 0 Å². The molecule has 1 aromatic carbocycles. The van der Waals surface area contributed by atoms with Crippen molar-refractivity contribution in [3.63, 3.8) is 0 Å². The summed E-state index contributed by atoms with van der Waals surface area (Å²) in [6, 6.07) is 12.9. The Bertz CT molecular complexity index is 690. The molecule has 0 aliphatic heterocycles. The van der Waals surface area contributed by atoms with E-state index in [2.05, 4.69) is 14.5 Å². The maximum absolute atomic E-state index is 11.6. The van der Waals surface area contributed by atoms with Gasteiger partial charge in [0.15, 0.2) is 0 Å². The molecule has 5 heteroatoms. The highest BCUT2D eigenvalue weighted by molar-refractivity contribution is 6.40. The van der Waals surface area contributed by atoms with E-state index in [1.165, 1.54) is 7.11 Å². The Labute approximate surface area is 116 Å². The zero-order valence-corrected chi connectivity index (χ0v) is 11.2. The van der Waals surface area contributed by atoms with Gasteiger partial charge in [-0.2, -0.15) is 4.79 Å². The lowest BCUT2D eigenvalue weighted by Gasteiger charge is -2.04. The van der Waals surface area contributed by atoms with Crippen LogP contribution in [0.5, 0.6) is 0 Å². The van der Waals surface area contributed by atoms with E-state index in [0.29, 0.717) is 17.0 Å². The lowest BCUT2D eigenvalue weighted by Crippen LogP contribution is -2.18. The van der Waals surface area contributed by atoms with Gasteiger partial charge in [0.05, 0.1) is 18.4 Å². The summed E-state index contributed by atoms with van der Waals surface area (Å²) in [7, 11) is 1.24. The molecule has 1 aromatic heterocycles. The summed E-state index contributed by atoms with van der Waals surface area (Å²) in [6.45, 7) is 1.81. The second-order valence-electron chi connectivity index (χ2n) is 4.19. The number of carbonyl (C=O) groups is 1. The fourth-order valence-corrected chi connectivity index (χ4v) is 1.88. The number of aryl methyl sites for hydroxylation is 1. The van der Waals surface area contributed by atoms with E-state index in [1.807, 2.05) is 37.3 Å². The van der Waals surface area contributed by atoms with Gasteiger partial charge in [0.2, 0.25) is 0 Å². The lowest BCUT2D eigenvalue weighted by atomic mass is 10.1. The van der Waals surface area contributed by atoms with E-state index in [4.69, 9.17) is 5.53 Å². The molecule has 20 heavy (non-hydrogen) atoms. The Morgan fingerprint density at radius 3 is 2.55 bits per heavy atom. The quantitative estimate of drug-likeness (QED) is 0.370. The average molecular weight is 267 g/mol. The van der Waals surface area contributed by atoms with Crippen molar-refractivity contribution in [3.05, 3.63) is 59.3 Å². The Kier molecular flexibility index (Phi) is 4.03. The van der Waals surface area contributed by atoms with Crippen LogP contribution in [-0.2, 0) is 9.53 Å². The average Bonchev–Trinajstić information content (AvgIpc) is 2.48. The van der Waals surface area contributed by atoms with E-state index in [-0.39, 0.29) is 5.71 Å². The number of rotatable bonds is 3. The second-order valence-corrected chi connectivity index (χ2v) is 4.19. The zero-order chi connectivity index (χ0) is 14.5. The Balaban J connectivity index is 2.55. The van der Waals surface area contributed by atoms with Crippen molar-refractivity contribution in [1.29, 1.82) is 0 Å². The molecule has 0 N–H and O–H groups in total. The maximum Gasteiger partial charge on any atom is 0.422 e. The van der Waals surface area contributed by atoms with Crippen molar-refractivity contribution in [1.82, 2.24) is 4.98 Å². The molecule has 2 rings (SSSR count). The van der Waals surface area contributed by atoms with Crippen LogP contribution in [0.1, 0.15) is 11.3 Å². The van der Waals surface area contributed by atoms with Gasteiger partial charge in [-0.05, 0) is 19.1 Å². The minimum Gasteiger partial charge on any atom is -0.460 e. The van der Waals surface area contributed by atoms with Crippen molar-refractivity contribution in [2.75, 3.05) is 7.11 Å². The van der Waals surface area contributed by atoms with Crippen LogP contribution >= 0.6 is 0 Å². The molecule has 0 fully saturated rings. The molecule has 0 spiro atoms. The molecule has 0 saturated carbocycles. The standard InChI is InChI=1S/C15H13N3O2/c1-10-8-12(14(18-16)15(19)20-2)9-13(17-10)11-6-4-3-5-7-11/h3-9H,1-2H3. The first-order valence-corrected chi connectivity index (χ1v) is 6.00. The van der Waals surface area contributed by atoms with Crippen molar-refractivity contribution < 1.29 is 14.3 Å². The fraction of sp³-hybridized carbons (Fsp3) is 0.133. The number of esters is 1. The minimum absolute atomic E-state index is 0.143. The van der Waals surface area contributed by atoms with E-state index in [9.17, 15) is 4.79 Å². The number of benzene rings is 1. The summed E-state index contributed by atoms with van der Waals surface area (Å²) >= 11 is 0. The van der Waals surface area contributed by atoms with Gasteiger partial charge in [0.25, 0.3) is 0 Å². The number of hydrogen-bond acceptors (Lipinski definition) is 3. The monoisotopic (exact) mass is 267 g/mol. The molecular formula is C15H13N3O2. The van der Waals surface area contributed by atoms with Crippen molar-refractivity contribution in [2.45, 2.75) is 6.92 Å². The maximum atomic E-state index is 11.6. The summed E-state index contributed by atoms with van der Waals surface area (Å²) in [4.78, 5) is 19.0. The molecule has 5 nitrogen and oxygen atoms in total. The van der Waals surface area contributed by atoms with Gasteiger partial charge in [0, 0.05) is 11.3 Å². The Hall–Kier alpha value is -2.78. The van der Waals surface area contributed by atoms with Crippen LogP contribution in [0, 0.1) is 6.92 Å². The molecular weight excluding hydrogens is 254 g/mol. The second kappa shape index (κ2) is 5.91. The van der Waals surface area contributed by atoms with E-state index >= 15 is 0 Å². The minimum atomic E-state index is -0.697. The highest BCUT2D eigenvalue weighted by Crippen LogP contribution is 2.19. The van der Waals surface area contributed by atoms with Crippen LogP contribution < -0.4 is 0 Å². The molecule has 0 amide bonds. The van der Waals surface area contributed by atoms with Crippen LogP contribution in [0.4, 0.5) is 0 Å². The third-order valence-corrected chi connectivity index (χ3v) is 2.78. The van der Waals surface area contributed by atoms with Gasteiger partial charge >= 0.3 is 11.7 Å². The molecule has 1 heterocycles. The van der Waals surface area contributed by atoms with Crippen molar-refractivity contribution in [2.24, 2.45) is 0 Å². The molecule has 0 atom stereocenters. The largest absolute Gasteiger partial charge is 0.460 e. The zero-order valence-electron chi connectivity index (χ0n) is 11.2. The van der Waals surface area contributed by atoms with Crippen molar-refractivity contribution >= 4 is 11.7 Å². The first-order chi connectivity index (χ1) is 9.65. The molecule has 0 unspecified atom stereocenters. The number of methoxy groups -OCH3 is 1. The molecule has 0 saturated heterocycles. The van der Waals surface area contributed by atoms with Crippen LogP contribution in [0.15, 0.2) is 42.5 Å². The normalized spacial score (nSPS) is 9.70. The van der Waals surface area contributed by atoms with Gasteiger partial charge in [-0.15, -0.1) is 0 Å². The van der Waals surface area contributed by atoms with E-state index in [0.717, 1.165) is 5.56 Å². The molecule has 0 radical (unpaired) electrons. The summed E-state index contributed by atoms with van der Waals surface area (Å²) in [5.74, 6) is -0.697. The first kappa shape index (κ1) is 13.6. The van der Waals surface area contributed by atoms with E-state index < -0.39 is 5.97 Å². The van der Waals surface area contributed by atoms with Crippen LogP contribution in [0.3, 0.4) is 0 Å². The molecule has 0 aliphatic rings. The number of aromatic nitrogens is 1. The number of ether oxygens (including phenoxy) is 1. The predicted octanol–water partition coefficient (Wildman–Crippen LogP) is 2.25. The van der Waals surface area contributed by atoms with Crippen LogP contribution in [0.25, 0.3) is 16.8 Å². The van der Waals surface area contributed by atoms with Crippen LogP contribution in [0.2, 0.25) is 0 Å². The van der Waals surface area contributed by atoms with Gasteiger partial charge < -0.3 is 10.3 Å². The molecule has 0 bridgehead atoms. The topological polar surface area (TPSA) is 75.6 Å². The highest BCUT2D eigenvalue weighted by Gasteiger charge is 2.24. The summed E-state index contributed by atoms with van der Waals surface area (Å²) < 4.78 is 4.59. The number of hydrogen-bond donors (Lipinski definition) is 0. The molecule has 100 valence electrons. The molecule has 2 aromatic rings. The van der Waals surface area contributed by atoms with Crippen LogP contribution in [-0.4, -0.2) is 28.6 Å². The Morgan fingerprint density at radius 1 is 1.25 bits per heavy atom. The van der Waals surface area contributed by atoms with Crippen molar-refractivity contribution in [3.8, 4) is 11.3 Å². The SMILES string of the molecule is COC(=O)C(=[N+]=[N-])c1cc(C)nc(-c2ccccc2)c1. The predicted molar refractivity (Wildman–Crippen MR) is 74.2 cm³/mol. The third-order valence-electron chi connectivity index (χ3n) is 2.78. The molecule has 0 aliphatic carbocycles. The van der Waals surface area contributed by atoms with Gasteiger partial charge in [-0.3, -0.25) is 4.98 Å². The summed E-state index contributed by atoms with van der Waals surface area (Å²) in [6.07, 6.45) is 0.